The molecule has 2 aromatic carbocycles. The van der Waals surface area contributed by atoms with Crippen LogP contribution in [0.1, 0.15) is 41.6 Å². The Morgan fingerprint density at radius 2 is 1.81 bits per heavy atom. The van der Waals surface area contributed by atoms with Crippen LogP contribution in [-0.4, -0.2) is 49.0 Å². The van der Waals surface area contributed by atoms with E-state index in [-0.39, 0.29) is 17.1 Å². The van der Waals surface area contributed by atoms with E-state index in [1.54, 1.807) is 41.3 Å². The van der Waals surface area contributed by atoms with Crippen molar-refractivity contribution in [2.45, 2.75) is 19.9 Å². The van der Waals surface area contributed by atoms with E-state index < -0.39 is 6.04 Å². The fraction of sp³-hybridized carbons (Fsp3) is 0.333. The molecule has 0 spiro atoms. The molecule has 1 aliphatic heterocycles. The number of halogens is 2. The van der Waals surface area contributed by atoms with Crippen molar-refractivity contribution in [3.8, 4) is 5.75 Å². The third-order valence-corrected chi connectivity index (χ3v) is 6.72. The molecule has 4 rings (SSSR count). The lowest BCUT2D eigenvalue weighted by molar-refractivity contribution is 0.0708. The predicted octanol–water partition coefficient (Wildman–Crippen LogP) is 5.00. The minimum absolute atomic E-state index is 0.0615. The number of methoxy groups -OCH3 is 1. The molecule has 1 atom stereocenters. The van der Waals surface area contributed by atoms with Crippen LogP contribution in [0.4, 0.5) is 0 Å². The zero-order chi connectivity index (χ0) is 23.0. The van der Waals surface area contributed by atoms with Gasteiger partial charge < -0.3 is 19.0 Å². The highest BCUT2D eigenvalue weighted by Crippen LogP contribution is 2.40. The summed E-state index contributed by atoms with van der Waals surface area (Å²) in [6.07, 6.45) is 0. The van der Waals surface area contributed by atoms with Gasteiger partial charge in [0, 0.05) is 19.2 Å². The number of nitrogens with zero attached hydrogens (tertiary/aromatic N) is 2. The van der Waals surface area contributed by atoms with Gasteiger partial charge in [-0.1, -0.05) is 43.1 Å². The van der Waals surface area contributed by atoms with Crippen LogP contribution in [0.5, 0.6) is 5.75 Å². The third-order valence-electron chi connectivity index (χ3n) is 5.99. The number of hydrogen-bond acceptors (Lipinski definition) is 5. The van der Waals surface area contributed by atoms with Crippen LogP contribution in [0.2, 0.25) is 10.0 Å². The topological polar surface area (TPSA) is 63.0 Å². The van der Waals surface area contributed by atoms with Gasteiger partial charge in [-0.2, -0.15) is 0 Å². The minimum atomic E-state index is -0.606. The van der Waals surface area contributed by atoms with Crippen molar-refractivity contribution in [3.63, 3.8) is 0 Å². The number of ether oxygens (including phenoxy) is 1. The van der Waals surface area contributed by atoms with Gasteiger partial charge >= 0.3 is 0 Å². The Morgan fingerprint density at radius 3 is 2.47 bits per heavy atom. The Labute approximate surface area is 196 Å². The van der Waals surface area contributed by atoms with Crippen molar-refractivity contribution in [1.29, 1.82) is 0 Å². The summed E-state index contributed by atoms with van der Waals surface area (Å²) >= 11 is 12.4. The van der Waals surface area contributed by atoms with Crippen LogP contribution in [-0.2, 0) is 0 Å². The highest BCUT2D eigenvalue weighted by atomic mass is 35.5. The number of amides is 1. The lowest BCUT2D eigenvalue weighted by Gasteiger charge is -2.28. The molecule has 0 saturated heterocycles. The van der Waals surface area contributed by atoms with Crippen LogP contribution in [0.15, 0.2) is 45.6 Å². The van der Waals surface area contributed by atoms with Crippen molar-refractivity contribution in [2.75, 3.05) is 33.3 Å². The SMILES string of the molecule is CCN(CC)CCN1C(=O)c2oc3cc(OC)ccc3c(=O)c2C1c1ccc(Cl)c(Cl)c1. The summed E-state index contributed by atoms with van der Waals surface area (Å²) in [5.41, 5.74) is 1.12. The molecule has 6 nitrogen and oxygen atoms in total. The van der Waals surface area contributed by atoms with Gasteiger partial charge in [-0.3, -0.25) is 9.59 Å². The number of benzene rings is 2. The second-order valence-corrected chi connectivity index (χ2v) is 8.45. The Balaban J connectivity index is 1.89. The molecule has 3 aromatic rings. The maximum atomic E-state index is 13.5. The Kier molecular flexibility index (Phi) is 6.47. The molecule has 0 radical (unpaired) electrons. The van der Waals surface area contributed by atoms with Crippen LogP contribution >= 0.6 is 23.2 Å². The van der Waals surface area contributed by atoms with E-state index in [1.807, 2.05) is 0 Å². The number of rotatable bonds is 7. The van der Waals surface area contributed by atoms with Crippen molar-refractivity contribution < 1.29 is 13.9 Å². The summed E-state index contributed by atoms with van der Waals surface area (Å²) in [4.78, 5) is 30.9. The summed E-state index contributed by atoms with van der Waals surface area (Å²) in [5.74, 6) is 0.293. The molecule has 8 heteroatoms. The molecule has 0 bridgehead atoms. The molecule has 0 N–H and O–H groups in total. The predicted molar refractivity (Wildman–Crippen MR) is 126 cm³/mol. The number of hydrogen-bond donors (Lipinski definition) is 0. The van der Waals surface area contributed by atoms with Crippen LogP contribution < -0.4 is 10.2 Å². The number of carbonyl (C=O) groups is 1. The lowest BCUT2D eigenvalue weighted by Crippen LogP contribution is -2.37. The summed E-state index contributed by atoms with van der Waals surface area (Å²) in [6.45, 7) is 6.99. The molecule has 0 fully saturated rings. The van der Waals surface area contributed by atoms with Crippen molar-refractivity contribution >= 4 is 40.1 Å². The highest BCUT2D eigenvalue weighted by molar-refractivity contribution is 6.42. The van der Waals surface area contributed by atoms with Gasteiger partial charge in [-0.15, -0.1) is 0 Å². The quantitative estimate of drug-likeness (QED) is 0.482. The van der Waals surface area contributed by atoms with Crippen LogP contribution in [0, 0.1) is 0 Å². The van der Waals surface area contributed by atoms with E-state index in [0.717, 1.165) is 13.1 Å². The zero-order valence-electron chi connectivity index (χ0n) is 18.2. The van der Waals surface area contributed by atoms with Crippen molar-refractivity contribution in [3.05, 3.63) is 73.6 Å². The maximum absolute atomic E-state index is 13.5. The zero-order valence-corrected chi connectivity index (χ0v) is 19.7. The molecule has 32 heavy (non-hydrogen) atoms. The average molecular weight is 475 g/mol. The maximum Gasteiger partial charge on any atom is 0.290 e. The summed E-state index contributed by atoms with van der Waals surface area (Å²) in [5, 5.41) is 1.17. The van der Waals surface area contributed by atoms with Gasteiger partial charge in [0.15, 0.2) is 5.43 Å². The van der Waals surface area contributed by atoms with Crippen LogP contribution in [0.3, 0.4) is 0 Å². The van der Waals surface area contributed by atoms with E-state index in [0.29, 0.717) is 51.0 Å². The second kappa shape index (κ2) is 9.14. The smallest absolute Gasteiger partial charge is 0.290 e. The molecule has 168 valence electrons. The van der Waals surface area contributed by atoms with E-state index in [1.165, 1.54) is 7.11 Å². The molecule has 1 aromatic heterocycles. The standard InChI is InChI=1S/C24H24Cl2N2O4/c1-4-27(5-2)10-11-28-21(14-6-9-17(25)18(26)12-14)20-22(29)16-8-7-15(31-3)13-19(16)32-23(20)24(28)30/h6-9,12-13,21H,4-5,10-11H2,1-3H3. The first kappa shape index (κ1) is 22.6. The van der Waals surface area contributed by atoms with E-state index in [2.05, 4.69) is 18.7 Å². The van der Waals surface area contributed by atoms with Gasteiger partial charge in [0.25, 0.3) is 5.91 Å². The summed E-state index contributed by atoms with van der Waals surface area (Å²) in [7, 11) is 1.53. The van der Waals surface area contributed by atoms with Gasteiger partial charge in [-0.05, 0) is 42.9 Å². The third kappa shape index (κ3) is 3.87. The van der Waals surface area contributed by atoms with Crippen LogP contribution in [0.25, 0.3) is 11.0 Å². The van der Waals surface area contributed by atoms with Crippen molar-refractivity contribution in [1.82, 2.24) is 9.80 Å². The Hall–Kier alpha value is -2.54. The molecule has 1 aliphatic rings. The normalized spacial score (nSPS) is 15.6. The van der Waals surface area contributed by atoms with E-state index in [9.17, 15) is 9.59 Å². The minimum Gasteiger partial charge on any atom is -0.497 e. The van der Waals surface area contributed by atoms with E-state index >= 15 is 0 Å². The second-order valence-electron chi connectivity index (χ2n) is 7.64. The number of carbonyl (C=O) groups excluding carboxylic acids is 1. The molecular weight excluding hydrogens is 451 g/mol. The molecule has 0 aliphatic carbocycles. The average Bonchev–Trinajstić information content (AvgIpc) is 3.08. The number of likely N-dealkylation sites (N-methyl/N-ethyl adjacent to an activating group) is 1. The summed E-state index contributed by atoms with van der Waals surface area (Å²) < 4.78 is 11.2. The van der Waals surface area contributed by atoms with Gasteiger partial charge in [0.2, 0.25) is 5.76 Å². The summed E-state index contributed by atoms with van der Waals surface area (Å²) in [6, 6.07) is 9.56. The molecular formula is C24H24Cl2N2O4. The number of fused-ring (bicyclic) bond motifs is 2. The highest BCUT2D eigenvalue weighted by Gasteiger charge is 2.42. The largest absolute Gasteiger partial charge is 0.497 e. The molecule has 2 heterocycles. The monoisotopic (exact) mass is 474 g/mol. The first-order valence-electron chi connectivity index (χ1n) is 10.5. The van der Waals surface area contributed by atoms with E-state index in [4.69, 9.17) is 32.4 Å². The molecule has 0 saturated carbocycles. The Bertz CT molecular complexity index is 1240. The first-order valence-corrected chi connectivity index (χ1v) is 11.3. The first-order chi connectivity index (χ1) is 15.4. The Morgan fingerprint density at radius 1 is 1.06 bits per heavy atom. The lowest BCUT2D eigenvalue weighted by atomic mass is 9.98. The van der Waals surface area contributed by atoms with Gasteiger partial charge in [0.1, 0.15) is 11.3 Å². The molecule has 1 unspecified atom stereocenters. The van der Waals surface area contributed by atoms with Crippen molar-refractivity contribution in [2.24, 2.45) is 0 Å². The molecule has 1 amide bonds. The fourth-order valence-electron chi connectivity index (χ4n) is 4.17. The van der Waals surface area contributed by atoms with Gasteiger partial charge in [-0.25, -0.2) is 0 Å². The van der Waals surface area contributed by atoms with Gasteiger partial charge in [0.05, 0.1) is 34.1 Å². The fourth-order valence-corrected chi connectivity index (χ4v) is 4.48.